The largest absolute Gasteiger partial charge is 0.360 e. The molecule has 0 radical (unpaired) electrons. The molecule has 2 heterocycles. The Morgan fingerprint density at radius 1 is 0.714 bits per heavy atom. The Balaban J connectivity index is 1.77. The second kappa shape index (κ2) is 5.52. The first kappa shape index (κ1) is 15.6. The van der Waals surface area contributed by atoms with Crippen molar-refractivity contribution in [2.45, 2.75) is 0 Å². The van der Waals surface area contributed by atoms with Crippen LogP contribution >= 0.6 is 0 Å². The van der Waals surface area contributed by atoms with Crippen LogP contribution in [-0.4, -0.2) is 30.6 Å². The predicted molar refractivity (Wildman–Crippen MR) is 125 cm³/mol. The summed E-state index contributed by atoms with van der Waals surface area (Å²) >= 11 is 0. The fraction of sp³-hybridized carbons (Fsp3) is 0. The third-order valence-corrected chi connectivity index (χ3v) is 5.71. The average Bonchev–Trinajstić information content (AvgIpc) is 3.32. The van der Waals surface area contributed by atoms with Crippen molar-refractivity contribution in [1.29, 1.82) is 0 Å². The second-order valence-corrected chi connectivity index (χ2v) is 7.66. The molecule has 0 amide bonds. The highest BCUT2D eigenvalue weighted by Gasteiger charge is 2.15. The van der Waals surface area contributed by atoms with Crippen molar-refractivity contribution in [1.82, 2.24) is 15.0 Å². The molecule has 0 spiro atoms. The van der Waals surface area contributed by atoms with E-state index in [1.165, 1.54) is 37.9 Å². The number of hydrogen-bond donors (Lipinski definition) is 2. The quantitative estimate of drug-likeness (QED) is 0.345. The molecule has 0 saturated carbocycles. The van der Waals surface area contributed by atoms with Crippen LogP contribution in [0.15, 0.2) is 66.9 Å². The molecule has 0 unspecified atom stereocenters. The van der Waals surface area contributed by atoms with E-state index in [-0.39, 0.29) is 0 Å². The third-order valence-electron chi connectivity index (χ3n) is 5.71. The smallest absolute Gasteiger partial charge is 0.140 e. The van der Waals surface area contributed by atoms with Crippen LogP contribution in [0.2, 0.25) is 0 Å². The van der Waals surface area contributed by atoms with Gasteiger partial charge >= 0.3 is 0 Å². The van der Waals surface area contributed by atoms with E-state index < -0.39 is 0 Å². The maximum absolute atomic E-state index is 5.08. The Morgan fingerprint density at radius 3 is 2.29 bits per heavy atom. The molecular formula is C23H17B2N3. The molecule has 0 aliphatic heterocycles. The molecule has 2 aromatic heterocycles. The van der Waals surface area contributed by atoms with Crippen LogP contribution in [0, 0.1) is 0 Å². The van der Waals surface area contributed by atoms with Crippen molar-refractivity contribution < 1.29 is 0 Å². The minimum atomic E-state index is 0.908. The number of nitrogens with zero attached hydrogens (tertiary/aromatic N) is 1. The Labute approximate surface area is 163 Å². The Hall–Kier alpha value is -3.46. The Bertz CT molecular complexity index is 1540. The van der Waals surface area contributed by atoms with Gasteiger partial charge in [0.1, 0.15) is 21.5 Å². The monoisotopic (exact) mass is 357 g/mol. The van der Waals surface area contributed by atoms with Gasteiger partial charge in [0, 0.05) is 33.4 Å². The van der Waals surface area contributed by atoms with Gasteiger partial charge in [-0.1, -0.05) is 65.5 Å². The number of rotatable bonds is 1. The zero-order chi connectivity index (χ0) is 18.8. The summed E-state index contributed by atoms with van der Waals surface area (Å²) in [6, 6.07) is 21.7. The van der Waals surface area contributed by atoms with E-state index in [2.05, 4.69) is 92.5 Å². The summed E-state index contributed by atoms with van der Waals surface area (Å²) in [5, 5.41) is 6.12. The molecular weight excluding hydrogens is 340 g/mol. The van der Waals surface area contributed by atoms with E-state index in [4.69, 9.17) is 4.98 Å². The molecule has 4 aromatic carbocycles. The van der Waals surface area contributed by atoms with E-state index >= 15 is 0 Å². The number of fused-ring (bicyclic) bond motifs is 7. The number of aromatic nitrogens is 3. The van der Waals surface area contributed by atoms with Gasteiger partial charge in [-0.05, 0) is 16.8 Å². The molecule has 0 aliphatic rings. The lowest BCUT2D eigenvalue weighted by Gasteiger charge is -2.06. The van der Waals surface area contributed by atoms with E-state index in [1.54, 1.807) is 0 Å². The SMILES string of the molecule is Bc1ccc2[nH]cc(-c3nc4c5cc(B)ccc5c5ccccc5c4[nH]3)c2c1. The maximum Gasteiger partial charge on any atom is 0.140 e. The summed E-state index contributed by atoms with van der Waals surface area (Å²) in [6.07, 6.45) is 2.05. The molecule has 2 N–H and O–H groups in total. The van der Waals surface area contributed by atoms with Gasteiger partial charge < -0.3 is 9.97 Å². The van der Waals surface area contributed by atoms with Crippen LogP contribution in [0.4, 0.5) is 0 Å². The molecule has 0 bridgehead atoms. The topological polar surface area (TPSA) is 44.5 Å². The average molecular weight is 357 g/mol. The lowest BCUT2D eigenvalue weighted by molar-refractivity contribution is 1.34. The van der Waals surface area contributed by atoms with Gasteiger partial charge in [-0.2, -0.15) is 0 Å². The normalized spacial score (nSPS) is 11.9. The number of hydrogen-bond acceptors (Lipinski definition) is 1. The first-order valence-corrected chi connectivity index (χ1v) is 9.58. The summed E-state index contributed by atoms with van der Waals surface area (Å²) in [5.74, 6) is 0.908. The first-order valence-electron chi connectivity index (χ1n) is 9.58. The van der Waals surface area contributed by atoms with Crippen molar-refractivity contribution in [2.75, 3.05) is 0 Å². The fourth-order valence-corrected chi connectivity index (χ4v) is 4.35. The molecule has 28 heavy (non-hydrogen) atoms. The predicted octanol–water partition coefficient (Wildman–Crippen LogP) is 2.53. The van der Waals surface area contributed by atoms with Crippen LogP contribution in [0.5, 0.6) is 0 Å². The molecule has 0 fully saturated rings. The Morgan fingerprint density at radius 2 is 1.43 bits per heavy atom. The van der Waals surface area contributed by atoms with Crippen LogP contribution in [0.3, 0.4) is 0 Å². The van der Waals surface area contributed by atoms with Gasteiger partial charge in [-0.25, -0.2) is 4.98 Å². The van der Waals surface area contributed by atoms with Crippen molar-refractivity contribution in [3.05, 3.63) is 66.9 Å². The van der Waals surface area contributed by atoms with Gasteiger partial charge in [0.2, 0.25) is 0 Å². The van der Waals surface area contributed by atoms with Gasteiger partial charge in [0.05, 0.1) is 11.0 Å². The van der Waals surface area contributed by atoms with Gasteiger partial charge in [-0.15, -0.1) is 0 Å². The van der Waals surface area contributed by atoms with Crippen molar-refractivity contribution in [2.24, 2.45) is 0 Å². The highest BCUT2D eigenvalue weighted by Crippen LogP contribution is 2.36. The van der Waals surface area contributed by atoms with Crippen molar-refractivity contribution >= 4 is 70.1 Å². The molecule has 3 nitrogen and oxygen atoms in total. The molecule has 5 heteroatoms. The van der Waals surface area contributed by atoms with Gasteiger partial charge in [0.15, 0.2) is 0 Å². The lowest BCUT2D eigenvalue weighted by atomic mass is 9.91. The summed E-state index contributed by atoms with van der Waals surface area (Å²) < 4.78 is 0. The first-order chi connectivity index (χ1) is 13.7. The van der Waals surface area contributed by atoms with Crippen LogP contribution in [0.25, 0.3) is 54.9 Å². The fourth-order valence-electron chi connectivity index (χ4n) is 4.35. The minimum absolute atomic E-state index is 0.908. The van der Waals surface area contributed by atoms with Crippen LogP contribution in [-0.2, 0) is 0 Å². The highest BCUT2D eigenvalue weighted by atomic mass is 14.9. The summed E-state index contributed by atoms with van der Waals surface area (Å²) in [4.78, 5) is 12.1. The zero-order valence-corrected chi connectivity index (χ0v) is 15.8. The summed E-state index contributed by atoms with van der Waals surface area (Å²) in [7, 11) is 4.26. The van der Waals surface area contributed by atoms with E-state index in [9.17, 15) is 0 Å². The molecule has 6 aromatic rings. The van der Waals surface area contributed by atoms with Gasteiger partial charge in [-0.3, -0.25) is 0 Å². The number of imidazole rings is 1. The molecule has 0 saturated heterocycles. The number of H-pyrrole nitrogens is 2. The number of aromatic amines is 2. The summed E-state index contributed by atoms with van der Waals surface area (Å²) in [6.45, 7) is 0. The van der Waals surface area contributed by atoms with Crippen LogP contribution in [0.1, 0.15) is 0 Å². The lowest BCUT2D eigenvalue weighted by Crippen LogP contribution is -2.00. The van der Waals surface area contributed by atoms with Gasteiger partial charge in [0.25, 0.3) is 0 Å². The molecule has 0 aliphatic carbocycles. The van der Waals surface area contributed by atoms with Crippen LogP contribution < -0.4 is 10.9 Å². The minimum Gasteiger partial charge on any atom is -0.360 e. The third kappa shape index (κ3) is 2.10. The highest BCUT2D eigenvalue weighted by molar-refractivity contribution is 6.35. The number of nitrogens with one attached hydrogen (secondary N) is 2. The second-order valence-electron chi connectivity index (χ2n) is 7.66. The van der Waals surface area contributed by atoms with E-state index in [0.717, 1.165) is 27.9 Å². The molecule has 130 valence electrons. The maximum atomic E-state index is 5.08. The molecule has 6 rings (SSSR count). The zero-order valence-electron chi connectivity index (χ0n) is 15.8. The summed E-state index contributed by atoms with van der Waals surface area (Å²) in [5.41, 5.74) is 6.87. The standard InChI is InChI=1S/C23H17B2N3/c24-12-5-7-15-14-3-1-2-4-16(14)21-22(18(15)10-12)28-23(27-21)19-11-26-20-8-6-13(25)9-17(19)20/h1-11,26H,24-25H2,(H,27,28). The number of benzene rings is 4. The van der Waals surface area contributed by atoms with Crippen molar-refractivity contribution in [3.8, 4) is 11.4 Å². The van der Waals surface area contributed by atoms with E-state index in [0.29, 0.717) is 0 Å². The van der Waals surface area contributed by atoms with E-state index in [1.807, 2.05) is 0 Å². The molecule has 0 atom stereocenters. The Kier molecular flexibility index (Phi) is 3.07. The van der Waals surface area contributed by atoms with Crippen molar-refractivity contribution in [3.63, 3.8) is 0 Å².